The molecule has 1 aliphatic carbocycles. The lowest BCUT2D eigenvalue weighted by molar-refractivity contribution is 0.0645. The van der Waals surface area contributed by atoms with E-state index in [4.69, 9.17) is 4.74 Å². The average molecular weight is 246 g/mol. The molecule has 98 valence electrons. The van der Waals surface area contributed by atoms with E-state index in [0.29, 0.717) is 12.1 Å². The summed E-state index contributed by atoms with van der Waals surface area (Å²) in [6, 6.07) is 7.70. The first-order valence-electron chi connectivity index (χ1n) is 6.98. The van der Waals surface area contributed by atoms with Crippen molar-refractivity contribution in [3.05, 3.63) is 34.9 Å². The van der Waals surface area contributed by atoms with Crippen molar-refractivity contribution in [3.8, 4) is 0 Å². The Morgan fingerprint density at radius 2 is 2.22 bits per heavy atom. The molecular formula is C15H22N2O. The maximum atomic E-state index is 5.58. The fourth-order valence-corrected chi connectivity index (χ4v) is 3.19. The number of morpholine rings is 1. The Kier molecular flexibility index (Phi) is 3.64. The van der Waals surface area contributed by atoms with Crippen LogP contribution in [-0.4, -0.2) is 32.8 Å². The Morgan fingerprint density at radius 1 is 1.33 bits per heavy atom. The summed E-state index contributed by atoms with van der Waals surface area (Å²) in [6.45, 7) is 2.58. The van der Waals surface area contributed by atoms with Gasteiger partial charge < -0.3 is 15.4 Å². The molecule has 0 aromatic heterocycles. The fraction of sp³-hybridized carbons (Fsp3) is 0.600. The van der Waals surface area contributed by atoms with Crippen LogP contribution in [0.5, 0.6) is 0 Å². The van der Waals surface area contributed by atoms with Gasteiger partial charge in [0.25, 0.3) is 0 Å². The smallest absolute Gasteiger partial charge is 0.0638 e. The molecule has 2 unspecified atom stereocenters. The van der Waals surface area contributed by atoms with Gasteiger partial charge >= 0.3 is 0 Å². The number of aryl methyl sites for hydroxylation is 2. The molecule has 1 aliphatic heterocycles. The molecule has 3 rings (SSSR count). The largest absolute Gasteiger partial charge is 0.378 e. The SMILES string of the molecule is CNC(c1ccc2c(c1)CCC2)C1COCCN1. The summed E-state index contributed by atoms with van der Waals surface area (Å²) >= 11 is 0. The molecule has 2 aliphatic rings. The number of benzene rings is 1. The van der Waals surface area contributed by atoms with Gasteiger partial charge in [0, 0.05) is 12.6 Å². The first-order valence-corrected chi connectivity index (χ1v) is 6.98. The first-order chi connectivity index (χ1) is 8.88. The highest BCUT2D eigenvalue weighted by molar-refractivity contribution is 5.37. The van der Waals surface area contributed by atoms with Gasteiger partial charge in [-0.2, -0.15) is 0 Å². The van der Waals surface area contributed by atoms with E-state index in [-0.39, 0.29) is 0 Å². The van der Waals surface area contributed by atoms with Crippen molar-refractivity contribution in [2.75, 3.05) is 26.8 Å². The number of fused-ring (bicyclic) bond motifs is 1. The second kappa shape index (κ2) is 5.39. The van der Waals surface area contributed by atoms with Crippen molar-refractivity contribution in [3.63, 3.8) is 0 Å². The molecule has 0 spiro atoms. The molecule has 1 heterocycles. The van der Waals surface area contributed by atoms with Gasteiger partial charge in [0.15, 0.2) is 0 Å². The molecule has 1 saturated heterocycles. The number of ether oxygens (including phenoxy) is 1. The molecule has 0 saturated carbocycles. The maximum absolute atomic E-state index is 5.58. The Bertz CT molecular complexity index is 413. The molecule has 1 aromatic carbocycles. The highest BCUT2D eigenvalue weighted by Gasteiger charge is 2.25. The van der Waals surface area contributed by atoms with Crippen molar-refractivity contribution in [1.82, 2.24) is 10.6 Å². The minimum Gasteiger partial charge on any atom is -0.378 e. The van der Waals surface area contributed by atoms with Gasteiger partial charge in [0.2, 0.25) is 0 Å². The lowest BCUT2D eigenvalue weighted by Gasteiger charge is -2.31. The standard InChI is InChI=1S/C15H22N2O/c1-16-15(14-10-18-8-7-17-14)13-6-5-11-3-2-4-12(11)9-13/h5-6,9,14-17H,2-4,7-8,10H2,1H3. The van der Waals surface area contributed by atoms with E-state index in [9.17, 15) is 0 Å². The van der Waals surface area contributed by atoms with Gasteiger partial charge in [-0.1, -0.05) is 18.2 Å². The zero-order chi connectivity index (χ0) is 12.4. The summed E-state index contributed by atoms with van der Waals surface area (Å²) < 4.78 is 5.58. The quantitative estimate of drug-likeness (QED) is 0.846. The molecule has 3 nitrogen and oxygen atoms in total. The second-order valence-corrected chi connectivity index (χ2v) is 5.28. The number of nitrogens with one attached hydrogen (secondary N) is 2. The van der Waals surface area contributed by atoms with Crippen molar-refractivity contribution < 1.29 is 4.74 Å². The Labute approximate surface area is 109 Å². The molecule has 0 bridgehead atoms. The van der Waals surface area contributed by atoms with Gasteiger partial charge in [-0.15, -0.1) is 0 Å². The normalized spacial score (nSPS) is 24.8. The maximum Gasteiger partial charge on any atom is 0.0638 e. The number of likely N-dealkylation sites (N-methyl/N-ethyl adjacent to an activating group) is 1. The third-order valence-corrected chi connectivity index (χ3v) is 4.15. The molecule has 1 aromatic rings. The van der Waals surface area contributed by atoms with Gasteiger partial charge in [0.1, 0.15) is 0 Å². The summed E-state index contributed by atoms with van der Waals surface area (Å²) in [7, 11) is 2.04. The predicted molar refractivity (Wildman–Crippen MR) is 72.9 cm³/mol. The average Bonchev–Trinajstić information content (AvgIpc) is 2.88. The highest BCUT2D eigenvalue weighted by Crippen LogP contribution is 2.27. The lowest BCUT2D eigenvalue weighted by Crippen LogP contribution is -2.48. The molecule has 3 heteroatoms. The van der Waals surface area contributed by atoms with E-state index in [0.717, 1.165) is 19.8 Å². The summed E-state index contributed by atoms with van der Waals surface area (Å²) in [5.74, 6) is 0. The fourth-order valence-electron chi connectivity index (χ4n) is 3.19. The topological polar surface area (TPSA) is 33.3 Å². The van der Waals surface area contributed by atoms with E-state index in [1.54, 1.807) is 11.1 Å². The van der Waals surface area contributed by atoms with Crippen molar-refractivity contribution in [2.24, 2.45) is 0 Å². The van der Waals surface area contributed by atoms with E-state index < -0.39 is 0 Å². The second-order valence-electron chi connectivity index (χ2n) is 5.28. The number of hydrogen-bond acceptors (Lipinski definition) is 3. The molecular weight excluding hydrogens is 224 g/mol. The molecule has 2 atom stereocenters. The molecule has 0 radical (unpaired) electrons. The van der Waals surface area contributed by atoms with E-state index in [2.05, 4.69) is 28.8 Å². The first kappa shape index (κ1) is 12.2. The lowest BCUT2D eigenvalue weighted by atomic mass is 9.96. The monoisotopic (exact) mass is 246 g/mol. The number of rotatable bonds is 3. The highest BCUT2D eigenvalue weighted by atomic mass is 16.5. The van der Waals surface area contributed by atoms with Crippen LogP contribution < -0.4 is 10.6 Å². The minimum absolute atomic E-state index is 0.344. The van der Waals surface area contributed by atoms with Crippen LogP contribution in [0, 0.1) is 0 Å². The minimum atomic E-state index is 0.344. The van der Waals surface area contributed by atoms with Crippen LogP contribution in [0.4, 0.5) is 0 Å². The van der Waals surface area contributed by atoms with Crippen molar-refractivity contribution >= 4 is 0 Å². The number of hydrogen-bond donors (Lipinski definition) is 2. The zero-order valence-corrected chi connectivity index (χ0v) is 11.0. The van der Waals surface area contributed by atoms with Crippen LogP contribution in [0.25, 0.3) is 0 Å². The Morgan fingerprint density at radius 3 is 3.00 bits per heavy atom. The predicted octanol–water partition coefficient (Wildman–Crippen LogP) is 1.42. The van der Waals surface area contributed by atoms with E-state index in [1.807, 2.05) is 7.05 Å². The third kappa shape index (κ3) is 2.30. The molecule has 1 fully saturated rings. The van der Waals surface area contributed by atoms with Crippen molar-refractivity contribution in [2.45, 2.75) is 31.3 Å². The van der Waals surface area contributed by atoms with Crippen LogP contribution in [0.15, 0.2) is 18.2 Å². The summed E-state index contributed by atoms with van der Waals surface area (Å²) in [4.78, 5) is 0. The third-order valence-electron chi connectivity index (χ3n) is 4.15. The zero-order valence-electron chi connectivity index (χ0n) is 11.0. The molecule has 2 N–H and O–H groups in total. The summed E-state index contributed by atoms with van der Waals surface area (Å²) in [5.41, 5.74) is 4.48. The summed E-state index contributed by atoms with van der Waals surface area (Å²) in [5, 5.41) is 6.99. The van der Waals surface area contributed by atoms with Gasteiger partial charge in [-0.05, 0) is 43.0 Å². The van der Waals surface area contributed by atoms with Gasteiger partial charge in [0.05, 0.1) is 19.3 Å². The van der Waals surface area contributed by atoms with Crippen molar-refractivity contribution in [1.29, 1.82) is 0 Å². The Hall–Kier alpha value is -0.900. The van der Waals surface area contributed by atoms with Crippen LogP contribution >= 0.6 is 0 Å². The van der Waals surface area contributed by atoms with Crippen LogP contribution in [0.3, 0.4) is 0 Å². The van der Waals surface area contributed by atoms with Crippen LogP contribution in [0.2, 0.25) is 0 Å². The molecule has 18 heavy (non-hydrogen) atoms. The van der Waals surface area contributed by atoms with E-state index >= 15 is 0 Å². The molecule has 0 amide bonds. The van der Waals surface area contributed by atoms with Crippen LogP contribution in [-0.2, 0) is 17.6 Å². The summed E-state index contributed by atoms with van der Waals surface area (Å²) in [6.07, 6.45) is 3.81. The Balaban J connectivity index is 1.82. The van der Waals surface area contributed by atoms with Gasteiger partial charge in [-0.3, -0.25) is 0 Å². The van der Waals surface area contributed by atoms with E-state index in [1.165, 1.54) is 24.8 Å². The van der Waals surface area contributed by atoms with Gasteiger partial charge in [-0.25, -0.2) is 0 Å². The van der Waals surface area contributed by atoms with Crippen LogP contribution in [0.1, 0.15) is 29.2 Å².